The lowest BCUT2D eigenvalue weighted by Crippen LogP contribution is -2.51. The number of hydrogen-bond donors (Lipinski definition) is 1. The number of anilines is 2. The first-order valence-electron chi connectivity index (χ1n) is 13.4. The Balaban J connectivity index is 1.53. The Kier molecular flexibility index (Phi) is 5.64. The van der Waals surface area contributed by atoms with Crippen molar-refractivity contribution in [1.82, 2.24) is 0 Å². The fourth-order valence-corrected chi connectivity index (χ4v) is 6.86. The van der Waals surface area contributed by atoms with Crippen LogP contribution in [0.2, 0.25) is 0 Å². The highest BCUT2D eigenvalue weighted by atomic mass is 19.1. The van der Waals surface area contributed by atoms with Crippen molar-refractivity contribution in [2.45, 2.75) is 17.5 Å². The summed E-state index contributed by atoms with van der Waals surface area (Å²) in [5, 5.41) is 3.01. The number of carbonyl (C=O) groups is 3. The normalized spacial score (nSPS) is 23.5. The van der Waals surface area contributed by atoms with E-state index in [1.807, 2.05) is 65.6 Å². The van der Waals surface area contributed by atoms with E-state index in [9.17, 15) is 18.8 Å². The first-order valence-corrected chi connectivity index (χ1v) is 13.4. The standard InChI is InChI=1S/C34H25FN2O4/c1-41-24-9-6-8-22(19-24)32(39)30-29(31(38)21-13-16-23(35)17-14-21)34(25-10-3-4-11-26(25)36-33(34)40)28-18-15-20-7-2-5-12-27(20)37(28)30/h2-19,28-30H,1H3,(H,36,40)/t28-,29+,30+,34-/m1/s1. The SMILES string of the molecule is COc1cccc(C(=O)[C@@H]2[C@@H](C(=O)c3ccc(F)cc3)[C@]3(C(=O)Nc4ccccc43)[C@H]3C=Cc4ccccc4N23)c1. The molecular weight excluding hydrogens is 519 g/mol. The number of nitrogens with one attached hydrogen (secondary N) is 1. The lowest BCUT2D eigenvalue weighted by Gasteiger charge is -2.37. The van der Waals surface area contributed by atoms with E-state index >= 15 is 0 Å². The zero-order chi connectivity index (χ0) is 28.3. The van der Waals surface area contributed by atoms with Crippen molar-refractivity contribution in [2.24, 2.45) is 5.92 Å². The molecule has 3 aliphatic heterocycles. The molecule has 1 fully saturated rings. The Morgan fingerprint density at radius 2 is 1.63 bits per heavy atom. The summed E-state index contributed by atoms with van der Waals surface area (Å²) in [7, 11) is 1.52. The summed E-state index contributed by atoms with van der Waals surface area (Å²) >= 11 is 0. The molecule has 1 amide bonds. The van der Waals surface area contributed by atoms with Gasteiger partial charge in [0.2, 0.25) is 5.91 Å². The van der Waals surface area contributed by atoms with Gasteiger partial charge in [-0.2, -0.15) is 0 Å². The lowest BCUT2D eigenvalue weighted by atomic mass is 9.64. The van der Waals surface area contributed by atoms with Gasteiger partial charge in [0.15, 0.2) is 11.6 Å². The van der Waals surface area contributed by atoms with E-state index < -0.39 is 35.0 Å². The molecule has 7 rings (SSSR count). The molecule has 3 heterocycles. The number of ether oxygens (including phenoxy) is 1. The molecule has 0 saturated carbocycles. The van der Waals surface area contributed by atoms with Gasteiger partial charge in [-0.1, -0.05) is 60.7 Å². The van der Waals surface area contributed by atoms with E-state index in [-0.39, 0.29) is 17.3 Å². The van der Waals surface area contributed by atoms with Crippen LogP contribution in [-0.2, 0) is 10.2 Å². The van der Waals surface area contributed by atoms with Crippen LogP contribution in [0.25, 0.3) is 6.08 Å². The Hall–Kier alpha value is -5.04. The molecule has 1 saturated heterocycles. The molecule has 0 radical (unpaired) electrons. The first kappa shape index (κ1) is 25.0. The summed E-state index contributed by atoms with van der Waals surface area (Å²) in [5.74, 6) is -2.17. The maximum Gasteiger partial charge on any atom is 0.238 e. The van der Waals surface area contributed by atoms with E-state index in [4.69, 9.17) is 4.74 Å². The van der Waals surface area contributed by atoms with Crippen molar-refractivity contribution in [3.63, 3.8) is 0 Å². The molecule has 4 aromatic carbocycles. The number of ketones is 2. The third kappa shape index (κ3) is 3.51. The number of benzene rings is 4. The molecule has 1 spiro atoms. The molecule has 0 aromatic heterocycles. The Labute approximate surface area is 236 Å². The first-order chi connectivity index (χ1) is 19.9. The van der Waals surface area contributed by atoms with Gasteiger partial charge in [-0.15, -0.1) is 0 Å². The zero-order valence-electron chi connectivity index (χ0n) is 22.1. The van der Waals surface area contributed by atoms with Crippen molar-refractivity contribution < 1.29 is 23.5 Å². The highest BCUT2D eigenvalue weighted by Crippen LogP contribution is 2.58. The van der Waals surface area contributed by atoms with Gasteiger partial charge < -0.3 is 15.0 Å². The van der Waals surface area contributed by atoms with Gasteiger partial charge in [0.05, 0.1) is 19.1 Å². The monoisotopic (exact) mass is 544 g/mol. The number of Topliss-reactive ketones (excluding diaryl/α,β-unsaturated/α-hetero) is 2. The largest absolute Gasteiger partial charge is 0.497 e. The second-order valence-corrected chi connectivity index (χ2v) is 10.5. The molecular formula is C34H25FN2O4. The van der Waals surface area contributed by atoms with E-state index in [2.05, 4.69) is 5.32 Å². The maximum absolute atomic E-state index is 14.7. The van der Waals surface area contributed by atoms with Gasteiger partial charge in [-0.05, 0) is 59.7 Å². The number of halogens is 1. The summed E-state index contributed by atoms with van der Waals surface area (Å²) in [6.07, 6.45) is 3.87. The number of rotatable bonds is 5. The van der Waals surface area contributed by atoms with Gasteiger partial charge in [-0.25, -0.2) is 4.39 Å². The quantitative estimate of drug-likeness (QED) is 0.327. The number of carbonyl (C=O) groups excluding carboxylic acids is 3. The van der Waals surface area contributed by atoms with Crippen LogP contribution in [0, 0.1) is 11.7 Å². The van der Waals surface area contributed by atoms with Crippen LogP contribution in [0.3, 0.4) is 0 Å². The minimum Gasteiger partial charge on any atom is -0.497 e. The zero-order valence-corrected chi connectivity index (χ0v) is 22.1. The molecule has 0 unspecified atom stereocenters. The number of methoxy groups -OCH3 is 1. The van der Waals surface area contributed by atoms with Crippen LogP contribution >= 0.6 is 0 Å². The third-order valence-corrected chi connectivity index (χ3v) is 8.58. The predicted molar refractivity (Wildman–Crippen MR) is 154 cm³/mol. The molecule has 41 heavy (non-hydrogen) atoms. The molecule has 7 heteroatoms. The Morgan fingerprint density at radius 3 is 2.44 bits per heavy atom. The molecule has 0 aliphatic carbocycles. The number of amides is 1. The number of nitrogens with zero attached hydrogens (tertiary/aromatic N) is 1. The van der Waals surface area contributed by atoms with E-state index in [1.165, 1.54) is 31.4 Å². The summed E-state index contributed by atoms with van der Waals surface area (Å²) in [4.78, 5) is 45.6. The second kappa shape index (κ2) is 9.27. The van der Waals surface area contributed by atoms with Gasteiger partial charge in [0.1, 0.15) is 23.0 Å². The molecule has 4 atom stereocenters. The van der Waals surface area contributed by atoms with Crippen molar-refractivity contribution in [2.75, 3.05) is 17.3 Å². The van der Waals surface area contributed by atoms with E-state index in [1.54, 1.807) is 24.3 Å². The molecule has 4 aromatic rings. The maximum atomic E-state index is 14.7. The Bertz CT molecular complexity index is 1760. The number of para-hydroxylation sites is 2. The van der Waals surface area contributed by atoms with Crippen LogP contribution < -0.4 is 15.0 Å². The van der Waals surface area contributed by atoms with Crippen LogP contribution in [0.5, 0.6) is 5.75 Å². The average molecular weight is 545 g/mol. The highest BCUT2D eigenvalue weighted by Gasteiger charge is 2.70. The number of hydrogen-bond acceptors (Lipinski definition) is 5. The summed E-state index contributed by atoms with van der Waals surface area (Å²) in [5.41, 5.74) is 2.07. The highest BCUT2D eigenvalue weighted by molar-refractivity contribution is 6.18. The van der Waals surface area contributed by atoms with Gasteiger partial charge >= 0.3 is 0 Å². The minimum absolute atomic E-state index is 0.230. The van der Waals surface area contributed by atoms with Crippen molar-refractivity contribution in [3.05, 3.63) is 131 Å². The van der Waals surface area contributed by atoms with Crippen molar-refractivity contribution in [1.29, 1.82) is 0 Å². The van der Waals surface area contributed by atoms with Gasteiger partial charge in [-0.3, -0.25) is 14.4 Å². The molecule has 3 aliphatic rings. The summed E-state index contributed by atoms with van der Waals surface area (Å²) < 4.78 is 19.3. The minimum atomic E-state index is -1.43. The van der Waals surface area contributed by atoms with E-state index in [0.29, 0.717) is 22.6 Å². The van der Waals surface area contributed by atoms with Crippen molar-refractivity contribution >= 4 is 34.9 Å². The van der Waals surface area contributed by atoms with Crippen LogP contribution in [-0.4, -0.2) is 36.7 Å². The summed E-state index contributed by atoms with van der Waals surface area (Å²) in [6, 6.07) is 25.4. The van der Waals surface area contributed by atoms with Crippen LogP contribution in [0.1, 0.15) is 31.8 Å². The van der Waals surface area contributed by atoms with Crippen LogP contribution in [0.15, 0.2) is 103 Å². The van der Waals surface area contributed by atoms with Crippen molar-refractivity contribution in [3.8, 4) is 5.75 Å². The molecule has 6 nitrogen and oxygen atoms in total. The lowest BCUT2D eigenvalue weighted by molar-refractivity contribution is -0.121. The molecule has 0 bridgehead atoms. The Morgan fingerprint density at radius 1 is 0.878 bits per heavy atom. The smallest absolute Gasteiger partial charge is 0.238 e. The third-order valence-electron chi connectivity index (χ3n) is 8.58. The van der Waals surface area contributed by atoms with E-state index in [0.717, 1.165) is 11.3 Å². The average Bonchev–Trinajstić information content (AvgIpc) is 3.49. The van der Waals surface area contributed by atoms with Gasteiger partial charge in [0.25, 0.3) is 0 Å². The number of fused-ring (bicyclic) bond motifs is 6. The topological polar surface area (TPSA) is 75.7 Å². The predicted octanol–water partition coefficient (Wildman–Crippen LogP) is 5.69. The molecule has 202 valence electrons. The second-order valence-electron chi connectivity index (χ2n) is 10.5. The molecule has 1 N–H and O–H groups in total. The fourth-order valence-electron chi connectivity index (χ4n) is 6.86. The fraction of sp³-hybridized carbons (Fsp3) is 0.147. The summed E-state index contributed by atoms with van der Waals surface area (Å²) in [6.45, 7) is 0. The van der Waals surface area contributed by atoms with Crippen LogP contribution in [0.4, 0.5) is 15.8 Å². The van der Waals surface area contributed by atoms with Gasteiger partial charge in [0, 0.05) is 22.5 Å².